The molecule has 1 aliphatic heterocycles. The number of aliphatic hydroxyl groups excluding tert-OH is 3. The average molecular weight is 344 g/mol. The molecule has 4 atom stereocenters. The van der Waals surface area contributed by atoms with E-state index in [4.69, 9.17) is 4.74 Å². The molecule has 2 aromatic heterocycles. The quantitative estimate of drug-likeness (QED) is 0.568. The number of benzene rings is 1. The maximum absolute atomic E-state index is 12.7. The van der Waals surface area contributed by atoms with Crippen LogP contribution in [-0.2, 0) is 4.74 Å². The number of fused-ring (bicyclic) bond motifs is 1. The summed E-state index contributed by atoms with van der Waals surface area (Å²) in [5.74, 6) is 0. The molecule has 3 aromatic rings. The van der Waals surface area contributed by atoms with Gasteiger partial charge < -0.3 is 20.1 Å². The van der Waals surface area contributed by atoms with Crippen LogP contribution in [0.1, 0.15) is 6.23 Å². The number of aromatic nitrogens is 4. The van der Waals surface area contributed by atoms with Crippen LogP contribution in [0.5, 0.6) is 0 Å². The molecule has 9 heteroatoms. The van der Waals surface area contributed by atoms with Crippen LogP contribution in [0.25, 0.3) is 16.7 Å². The predicted octanol–water partition coefficient (Wildman–Crippen LogP) is -0.806. The Hall–Kier alpha value is -2.59. The summed E-state index contributed by atoms with van der Waals surface area (Å²) >= 11 is 0. The Kier molecular flexibility index (Phi) is 3.85. The Morgan fingerprint density at radius 3 is 2.60 bits per heavy atom. The summed E-state index contributed by atoms with van der Waals surface area (Å²) in [4.78, 5) is 17.0. The Morgan fingerprint density at radius 1 is 1.16 bits per heavy atom. The van der Waals surface area contributed by atoms with Crippen molar-refractivity contribution in [2.24, 2.45) is 0 Å². The van der Waals surface area contributed by atoms with Gasteiger partial charge in [0.25, 0.3) is 5.56 Å². The lowest BCUT2D eigenvalue weighted by Crippen LogP contribution is -2.35. The SMILES string of the molecule is O=c1c2cnn(-c3ccccc3)c2ncn1[C@@H]1O[C@H](CO)[C@@H](O)[C@H]1O. The molecule has 3 N–H and O–H groups in total. The molecule has 3 heterocycles. The average Bonchev–Trinajstić information content (AvgIpc) is 3.19. The van der Waals surface area contributed by atoms with E-state index in [1.165, 1.54) is 12.5 Å². The van der Waals surface area contributed by atoms with Gasteiger partial charge in [-0.05, 0) is 12.1 Å². The fourth-order valence-electron chi connectivity index (χ4n) is 2.97. The highest BCUT2D eigenvalue weighted by Crippen LogP contribution is 2.28. The molecule has 0 spiro atoms. The van der Waals surface area contributed by atoms with Crippen LogP contribution in [0.3, 0.4) is 0 Å². The summed E-state index contributed by atoms with van der Waals surface area (Å²) in [6.45, 7) is -0.467. The van der Waals surface area contributed by atoms with E-state index < -0.39 is 36.7 Å². The molecule has 1 aliphatic rings. The monoisotopic (exact) mass is 344 g/mol. The van der Waals surface area contributed by atoms with Crippen LogP contribution in [0.4, 0.5) is 0 Å². The first kappa shape index (κ1) is 15.9. The van der Waals surface area contributed by atoms with Crippen molar-refractivity contribution in [3.63, 3.8) is 0 Å². The van der Waals surface area contributed by atoms with Gasteiger partial charge in [0.05, 0.1) is 18.5 Å². The van der Waals surface area contributed by atoms with E-state index in [9.17, 15) is 20.1 Å². The second-order valence-corrected chi connectivity index (χ2v) is 5.82. The first-order valence-corrected chi connectivity index (χ1v) is 7.74. The predicted molar refractivity (Wildman–Crippen MR) is 86.1 cm³/mol. The highest BCUT2D eigenvalue weighted by atomic mass is 16.6. The second kappa shape index (κ2) is 6.05. The van der Waals surface area contributed by atoms with Crippen molar-refractivity contribution in [2.45, 2.75) is 24.5 Å². The van der Waals surface area contributed by atoms with Gasteiger partial charge in [-0.15, -0.1) is 0 Å². The zero-order valence-corrected chi connectivity index (χ0v) is 13.0. The third-order valence-electron chi connectivity index (χ3n) is 4.31. The number of hydrogen-bond acceptors (Lipinski definition) is 7. The first-order valence-electron chi connectivity index (χ1n) is 7.74. The number of hydrogen-bond donors (Lipinski definition) is 3. The van der Waals surface area contributed by atoms with Crippen molar-refractivity contribution < 1.29 is 20.1 Å². The van der Waals surface area contributed by atoms with Crippen LogP contribution in [0.15, 0.2) is 47.7 Å². The van der Waals surface area contributed by atoms with Gasteiger partial charge in [-0.2, -0.15) is 5.10 Å². The summed E-state index contributed by atoms with van der Waals surface area (Å²) in [7, 11) is 0. The minimum atomic E-state index is -1.35. The van der Waals surface area contributed by atoms with Gasteiger partial charge in [0.2, 0.25) is 0 Å². The number of para-hydroxylation sites is 1. The Bertz CT molecular complexity index is 954. The van der Waals surface area contributed by atoms with Crippen molar-refractivity contribution in [3.05, 3.63) is 53.2 Å². The molecule has 0 unspecified atom stereocenters. The lowest BCUT2D eigenvalue weighted by atomic mass is 10.1. The van der Waals surface area contributed by atoms with Crippen LogP contribution in [-0.4, -0.2) is 59.6 Å². The molecule has 0 saturated carbocycles. The van der Waals surface area contributed by atoms with Gasteiger partial charge in [0.15, 0.2) is 11.9 Å². The van der Waals surface area contributed by atoms with Crippen LogP contribution in [0, 0.1) is 0 Å². The highest BCUT2D eigenvalue weighted by Gasteiger charge is 2.43. The maximum Gasteiger partial charge on any atom is 0.266 e. The van der Waals surface area contributed by atoms with Crippen molar-refractivity contribution >= 4 is 11.0 Å². The van der Waals surface area contributed by atoms with Crippen molar-refractivity contribution in [1.29, 1.82) is 0 Å². The first-order chi connectivity index (χ1) is 12.1. The molecule has 0 bridgehead atoms. The van der Waals surface area contributed by atoms with Gasteiger partial charge in [-0.25, -0.2) is 9.67 Å². The zero-order chi connectivity index (χ0) is 17.6. The van der Waals surface area contributed by atoms with E-state index in [1.807, 2.05) is 30.3 Å². The van der Waals surface area contributed by atoms with Crippen molar-refractivity contribution in [2.75, 3.05) is 6.61 Å². The summed E-state index contributed by atoms with van der Waals surface area (Å²) in [5.41, 5.74) is 0.677. The maximum atomic E-state index is 12.7. The molecule has 25 heavy (non-hydrogen) atoms. The molecule has 0 radical (unpaired) electrons. The molecular formula is C16H16N4O5. The standard InChI is InChI=1S/C16H16N4O5/c21-7-11-12(22)13(23)16(25-11)19-8-17-14-10(15(19)24)6-18-20(14)9-4-2-1-3-5-9/h1-6,8,11-13,16,21-23H,7H2/t11-,12-,13-,16-/m1/s1. The van der Waals surface area contributed by atoms with Crippen LogP contribution < -0.4 is 5.56 Å². The number of nitrogens with zero attached hydrogens (tertiary/aromatic N) is 4. The van der Waals surface area contributed by atoms with E-state index in [2.05, 4.69) is 10.1 Å². The summed E-state index contributed by atoms with van der Waals surface area (Å²) < 4.78 is 8.03. The molecule has 130 valence electrons. The van der Waals surface area contributed by atoms with E-state index in [-0.39, 0.29) is 5.39 Å². The molecule has 0 aliphatic carbocycles. The van der Waals surface area contributed by atoms with Crippen molar-refractivity contribution in [1.82, 2.24) is 19.3 Å². The Labute approximate surface area is 141 Å². The Morgan fingerprint density at radius 2 is 1.92 bits per heavy atom. The fraction of sp³-hybridized carbons (Fsp3) is 0.312. The van der Waals surface area contributed by atoms with Gasteiger partial charge in [-0.3, -0.25) is 9.36 Å². The number of rotatable bonds is 3. The number of ether oxygens (including phenoxy) is 1. The van der Waals surface area contributed by atoms with Gasteiger partial charge in [0, 0.05) is 0 Å². The molecule has 1 saturated heterocycles. The van der Waals surface area contributed by atoms with Gasteiger partial charge in [0.1, 0.15) is 30.0 Å². The van der Waals surface area contributed by atoms with Crippen LogP contribution >= 0.6 is 0 Å². The van der Waals surface area contributed by atoms with E-state index in [0.717, 1.165) is 10.3 Å². The van der Waals surface area contributed by atoms with E-state index in [0.29, 0.717) is 5.65 Å². The summed E-state index contributed by atoms with van der Waals surface area (Å²) in [6.07, 6.45) is -2.09. The van der Waals surface area contributed by atoms with E-state index >= 15 is 0 Å². The highest BCUT2D eigenvalue weighted by molar-refractivity contribution is 5.74. The lowest BCUT2D eigenvalue weighted by Gasteiger charge is -2.17. The minimum absolute atomic E-state index is 0.254. The van der Waals surface area contributed by atoms with Crippen LogP contribution in [0.2, 0.25) is 0 Å². The summed E-state index contributed by atoms with van der Waals surface area (Å²) in [6, 6.07) is 9.25. The number of aliphatic hydroxyl groups is 3. The lowest BCUT2D eigenvalue weighted by molar-refractivity contribution is -0.0546. The van der Waals surface area contributed by atoms with Gasteiger partial charge in [-0.1, -0.05) is 18.2 Å². The fourth-order valence-corrected chi connectivity index (χ4v) is 2.97. The smallest absolute Gasteiger partial charge is 0.266 e. The molecule has 1 aromatic carbocycles. The minimum Gasteiger partial charge on any atom is -0.394 e. The normalized spacial score (nSPS) is 26.4. The van der Waals surface area contributed by atoms with Gasteiger partial charge >= 0.3 is 0 Å². The largest absolute Gasteiger partial charge is 0.394 e. The third-order valence-corrected chi connectivity index (χ3v) is 4.31. The molecule has 9 nitrogen and oxygen atoms in total. The summed E-state index contributed by atoms with van der Waals surface area (Å²) in [5, 5.41) is 33.6. The topological polar surface area (TPSA) is 123 Å². The molecular weight excluding hydrogens is 328 g/mol. The third kappa shape index (κ3) is 2.45. The molecule has 4 rings (SSSR count). The van der Waals surface area contributed by atoms with E-state index in [1.54, 1.807) is 4.68 Å². The molecule has 1 fully saturated rings. The second-order valence-electron chi connectivity index (χ2n) is 5.82. The zero-order valence-electron chi connectivity index (χ0n) is 13.0. The van der Waals surface area contributed by atoms with Crippen molar-refractivity contribution in [3.8, 4) is 5.69 Å². The molecule has 0 amide bonds. The Balaban J connectivity index is 1.79.